The summed E-state index contributed by atoms with van der Waals surface area (Å²) in [5, 5.41) is 7.92. The lowest BCUT2D eigenvalue weighted by atomic mass is 9.93. The van der Waals surface area contributed by atoms with Gasteiger partial charge in [0, 0.05) is 0 Å². The van der Waals surface area contributed by atoms with Gasteiger partial charge < -0.3 is 10.1 Å². The van der Waals surface area contributed by atoms with E-state index in [-0.39, 0.29) is 0 Å². The molecule has 0 saturated heterocycles. The predicted molar refractivity (Wildman–Crippen MR) is 91.4 cm³/mol. The molecule has 0 saturated carbocycles. The largest absolute Gasteiger partial charge is 0.497 e. The zero-order valence-electron chi connectivity index (χ0n) is 13.0. The summed E-state index contributed by atoms with van der Waals surface area (Å²) in [6, 6.07) is 10.7. The van der Waals surface area contributed by atoms with Crippen LogP contribution in [0.15, 0.2) is 41.1 Å². The highest BCUT2D eigenvalue weighted by Crippen LogP contribution is 2.19. The lowest BCUT2D eigenvalue weighted by molar-refractivity contribution is 0.412. The second-order valence-corrected chi connectivity index (χ2v) is 6.18. The monoisotopic (exact) mass is 303 g/mol. The molecular formula is C18H25NOS. The minimum Gasteiger partial charge on any atom is -0.497 e. The molecule has 114 valence electrons. The van der Waals surface area contributed by atoms with Crippen molar-refractivity contribution in [2.75, 3.05) is 20.2 Å². The van der Waals surface area contributed by atoms with E-state index in [1.54, 1.807) is 18.4 Å². The number of methoxy groups -OCH3 is 1. The third-order valence-corrected chi connectivity index (χ3v) is 4.49. The standard InChI is InChI=1S/C18H25NOS/c1-3-19-13-17(8-7-15-9-10-21-14-15)11-16-5-4-6-18(12-16)20-2/h4-6,9-10,12,14,17,19H,3,7-8,11,13H2,1-2H3. The highest BCUT2D eigenvalue weighted by molar-refractivity contribution is 7.07. The molecule has 1 aromatic heterocycles. The maximum absolute atomic E-state index is 5.32. The summed E-state index contributed by atoms with van der Waals surface area (Å²) in [7, 11) is 1.73. The lowest BCUT2D eigenvalue weighted by Gasteiger charge is -2.17. The Morgan fingerprint density at radius 1 is 1.24 bits per heavy atom. The topological polar surface area (TPSA) is 21.3 Å². The normalized spacial score (nSPS) is 12.3. The fourth-order valence-electron chi connectivity index (χ4n) is 2.56. The van der Waals surface area contributed by atoms with Gasteiger partial charge in [0.05, 0.1) is 7.11 Å². The van der Waals surface area contributed by atoms with Crippen LogP contribution >= 0.6 is 11.3 Å². The fourth-order valence-corrected chi connectivity index (χ4v) is 3.27. The molecule has 3 heteroatoms. The molecule has 0 spiro atoms. The van der Waals surface area contributed by atoms with Crippen molar-refractivity contribution in [3.8, 4) is 5.75 Å². The van der Waals surface area contributed by atoms with Crippen molar-refractivity contribution in [1.82, 2.24) is 5.32 Å². The maximum Gasteiger partial charge on any atom is 0.119 e. The maximum atomic E-state index is 5.32. The Balaban J connectivity index is 1.94. The van der Waals surface area contributed by atoms with Gasteiger partial charge in [-0.15, -0.1) is 0 Å². The molecule has 1 heterocycles. The first-order valence-corrected chi connectivity index (χ1v) is 8.60. The van der Waals surface area contributed by atoms with E-state index in [2.05, 4.69) is 47.3 Å². The van der Waals surface area contributed by atoms with E-state index in [1.807, 2.05) is 6.07 Å². The molecule has 0 aliphatic heterocycles. The number of benzene rings is 1. The highest BCUT2D eigenvalue weighted by atomic mass is 32.1. The fraction of sp³-hybridized carbons (Fsp3) is 0.444. The summed E-state index contributed by atoms with van der Waals surface area (Å²) in [6.45, 7) is 4.28. The molecule has 0 aliphatic rings. The van der Waals surface area contributed by atoms with Gasteiger partial charge in [-0.1, -0.05) is 19.1 Å². The third-order valence-electron chi connectivity index (χ3n) is 3.76. The van der Waals surface area contributed by atoms with Crippen LogP contribution in [0.4, 0.5) is 0 Å². The molecule has 1 aromatic carbocycles. The predicted octanol–water partition coefficient (Wildman–Crippen LogP) is 4.16. The van der Waals surface area contributed by atoms with Crippen molar-refractivity contribution in [2.45, 2.75) is 26.2 Å². The number of hydrogen-bond acceptors (Lipinski definition) is 3. The van der Waals surface area contributed by atoms with Crippen LogP contribution in [0, 0.1) is 5.92 Å². The van der Waals surface area contributed by atoms with Crippen molar-refractivity contribution in [3.05, 3.63) is 52.2 Å². The van der Waals surface area contributed by atoms with Crippen LogP contribution in [0.3, 0.4) is 0 Å². The number of thiophene rings is 1. The molecule has 1 unspecified atom stereocenters. The summed E-state index contributed by atoms with van der Waals surface area (Å²) in [6.07, 6.45) is 3.50. The zero-order valence-corrected chi connectivity index (χ0v) is 13.8. The summed E-state index contributed by atoms with van der Waals surface area (Å²) in [5.41, 5.74) is 2.83. The first-order valence-electron chi connectivity index (χ1n) is 7.66. The van der Waals surface area contributed by atoms with Crippen molar-refractivity contribution in [1.29, 1.82) is 0 Å². The summed E-state index contributed by atoms with van der Waals surface area (Å²) in [5.74, 6) is 1.62. The van der Waals surface area contributed by atoms with Gasteiger partial charge in [-0.05, 0) is 78.4 Å². The summed E-state index contributed by atoms with van der Waals surface area (Å²) in [4.78, 5) is 0. The first kappa shape index (κ1) is 16.1. The van der Waals surface area contributed by atoms with Gasteiger partial charge in [-0.3, -0.25) is 0 Å². The Morgan fingerprint density at radius 2 is 2.14 bits per heavy atom. The Morgan fingerprint density at radius 3 is 2.86 bits per heavy atom. The molecule has 2 aromatic rings. The van der Waals surface area contributed by atoms with Crippen molar-refractivity contribution < 1.29 is 4.74 Å². The molecule has 0 fully saturated rings. The van der Waals surface area contributed by atoms with Crippen LogP contribution in [0.2, 0.25) is 0 Å². The number of rotatable bonds is 9. The van der Waals surface area contributed by atoms with E-state index in [0.29, 0.717) is 5.92 Å². The molecule has 21 heavy (non-hydrogen) atoms. The second-order valence-electron chi connectivity index (χ2n) is 5.40. The van der Waals surface area contributed by atoms with Crippen LogP contribution in [0.1, 0.15) is 24.5 Å². The van der Waals surface area contributed by atoms with Gasteiger partial charge in [0.25, 0.3) is 0 Å². The van der Waals surface area contributed by atoms with Crippen LogP contribution in [0.5, 0.6) is 5.75 Å². The summed E-state index contributed by atoms with van der Waals surface area (Å²) >= 11 is 1.79. The van der Waals surface area contributed by atoms with Crippen LogP contribution in [0.25, 0.3) is 0 Å². The average molecular weight is 303 g/mol. The Kier molecular flexibility index (Phi) is 6.77. The molecule has 0 amide bonds. The molecule has 1 N–H and O–H groups in total. The minimum atomic E-state index is 0.664. The number of nitrogens with one attached hydrogen (secondary N) is 1. The van der Waals surface area contributed by atoms with E-state index >= 15 is 0 Å². The average Bonchev–Trinajstić information content (AvgIpc) is 3.03. The van der Waals surface area contributed by atoms with Crippen molar-refractivity contribution in [2.24, 2.45) is 5.92 Å². The van der Waals surface area contributed by atoms with Gasteiger partial charge in [0.15, 0.2) is 0 Å². The van der Waals surface area contributed by atoms with E-state index in [0.717, 1.165) is 25.3 Å². The Labute approximate surface area is 132 Å². The number of ether oxygens (including phenoxy) is 1. The van der Waals surface area contributed by atoms with Gasteiger partial charge in [-0.2, -0.15) is 11.3 Å². The number of hydrogen-bond donors (Lipinski definition) is 1. The number of aryl methyl sites for hydroxylation is 1. The van der Waals surface area contributed by atoms with Gasteiger partial charge >= 0.3 is 0 Å². The van der Waals surface area contributed by atoms with Crippen molar-refractivity contribution in [3.63, 3.8) is 0 Å². The molecule has 0 bridgehead atoms. The van der Waals surface area contributed by atoms with Crippen LogP contribution in [-0.2, 0) is 12.8 Å². The first-order chi connectivity index (χ1) is 10.3. The molecule has 2 nitrogen and oxygen atoms in total. The third kappa shape index (κ3) is 5.52. The smallest absolute Gasteiger partial charge is 0.119 e. The molecule has 1 atom stereocenters. The molecule has 0 aliphatic carbocycles. The van der Waals surface area contributed by atoms with E-state index < -0.39 is 0 Å². The molecule has 2 rings (SSSR count). The Hall–Kier alpha value is -1.32. The van der Waals surface area contributed by atoms with Crippen molar-refractivity contribution >= 4 is 11.3 Å². The molecular weight excluding hydrogens is 278 g/mol. The summed E-state index contributed by atoms with van der Waals surface area (Å²) < 4.78 is 5.32. The van der Waals surface area contributed by atoms with Gasteiger partial charge in [-0.25, -0.2) is 0 Å². The van der Waals surface area contributed by atoms with Crippen LogP contribution in [-0.4, -0.2) is 20.2 Å². The zero-order chi connectivity index (χ0) is 14.9. The second kappa shape index (κ2) is 8.85. The van der Waals surface area contributed by atoms with Gasteiger partial charge in [0.1, 0.15) is 5.75 Å². The van der Waals surface area contributed by atoms with E-state index in [1.165, 1.54) is 24.0 Å². The van der Waals surface area contributed by atoms with Crippen LogP contribution < -0.4 is 10.1 Å². The van der Waals surface area contributed by atoms with E-state index in [9.17, 15) is 0 Å². The molecule has 0 radical (unpaired) electrons. The van der Waals surface area contributed by atoms with E-state index in [4.69, 9.17) is 4.74 Å². The minimum absolute atomic E-state index is 0.664. The quantitative estimate of drug-likeness (QED) is 0.751. The Bertz CT molecular complexity index is 510. The van der Waals surface area contributed by atoms with Gasteiger partial charge in [0.2, 0.25) is 0 Å². The SMILES string of the molecule is CCNCC(CCc1ccsc1)Cc1cccc(OC)c1. The highest BCUT2D eigenvalue weighted by Gasteiger charge is 2.10. The lowest BCUT2D eigenvalue weighted by Crippen LogP contribution is -2.24.